The maximum Gasteiger partial charge on any atom is 0.116 e. The van der Waals surface area contributed by atoms with Gasteiger partial charge < -0.3 is 4.90 Å². The molecule has 1 aliphatic heterocycles. The van der Waals surface area contributed by atoms with E-state index in [1.165, 1.54) is 19.3 Å². The van der Waals surface area contributed by atoms with Gasteiger partial charge in [-0.25, -0.2) is 0 Å². The van der Waals surface area contributed by atoms with Crippen molar-refractivity contribution in [1.29, 1.82) is 0 Å². The summed E-state index contributed by atoms with van der Waals surface area (Å²) < 4.78 is 0. The molecule has 0 amide bonds. The maximum absolute atomic E-state index is 4.10. The second kappa shape index (κ2) is 5.10. The van der Waals surface area contributed by atoms with Gasteiger partial charge in [-0.2, -0.15) is 5.10 Å². The lowest BCUT2D eigenvalue weighted by atomic mass is 10.1. The highest BCUT2D eigenvalue weighted by Crippen LogP contribution is 2.10. The summed E-state index contributed by atoms with van der Waals surface area (Å²) in [5, 5.41) is 4.10. The summed E-state index contributed by atoms with van der Waals surface area (Å²) in [6.07, 6.45) is 6.11. The lowest BCUT2D eigenvalue weighted by molar-refractivity contribution is 0.260. The second-order valence-electron chi connectivity index (χ2n) is 4.12. The van der Waals surface area contributed by atoms with E-state index in [1.807, 2.05) is 6.34 Å². The summed E-state index contributed by atoms with van der Waals surface area (Å²) in [7, 11) is 0. The highest BCUT2D eigenvalue weighted by atomic mass is 15.5. The van der Waals surface area contributed by atoms with Crippen LogP contribution in [0.25, 0.3) is 0 Å². The normalized spacial score (nSPS) is 21.2. The molecule has 0 fully saturated rings. The quantitative estimate of drug-likeness (QED) is 0.706. The smallest absolute Gasteiger partial charge is 0.116 e. The zero-order chi connectivity index (χ0) is 9.68. The Labute approximate surface area is 81.2 Å². The summed E-state index contributed by atoms with van der Waals surface area (Å²) in [5.74, 6) is 0.704. The Balaban J connectivity index is 2.29. The van der Waals surface area contributed by atoms with Gasteiger partial charge in [0.05, 0.1) is 0 Å². The Morgan fingerprint density at radius 1 is 1.54 bits per heavy atom. The highest BCUT2D eigenvalue weighted by molar-refractivity contribution is 5.56. The van der Waals surface area contributed by atoms with E-state index in [9.17, 15) is 0 Å². The lowest BCUT2D eigenvalue weighted by Gasteiger charge is -2.25. The molecule has 0 aromatic heterocycles. The molecule has 0 spiro atoms. The molecule has 0 aromatic carbocycles. The first-order valence-electron chi connectivity index (χ1n) is 5.28. The predicted molar refractivity (Wildman–Crippen MR) is 56.5 cm³/mol. The minimum absolute atomic E-state index is 0.447. The molecule has 0 saturated carbocycles. The van der Waals surface area contributed by atoms with Crippen LogP contribution in [-0.2, 0) is 0 Å². The fraction of sp³-hybridized carbons (Fsp3) is 0.900. The first kappa shape index (κ1) is 10.4. The molecule has 0 bridgehead atoms. The average Bonchev–Trinajstić information content (AvgIpc) is 2.48. The molecule has 76 valence electrons. The van der Waals surface area contributed by atoms with Crippen LogP contribution in [0.2, 0.25) is 0 Å². The second-order valence-corrected chi connectivity index (χ2v) is 4.12. The standard InChI is InChI=1S/C10H21N3/c1-4-5-6-10-12-11-8-13(10)7-9(2)3/h8-10,12H,4-7H2,1-3H3. The van der Waals surface area contributed by atoms with Crippen molar-refractivity contribution in [3.05, 3.63) is 0 Å². The SMILES string of the molecule is CCCCC1NN=CN1CC(C)C. The van der Waals surface area contributed by atoms with E-state index in [2.05, 4.69) is 36.2 Å². The molecule has 1 unspecified atom stereocenters. The van der Waals surface area contributed by atoms with Crippen molar-refractivity contribution in [2.24, 2.45) is 11.0 Å². The van der Waals surface area contributed by atoms with Crippen LogP contribution in [0.4, 0.5) is 0 Å². The fourth-order valence-electron chi connectivity index (χ4n) is 1.57. The Hall–Kier alpha value is -0.730. The van der Waals surface area contributed by atoms with Gasteiger partial charge in [0, 0.05) is 6.54 Å². The van der Waals surface area contributed by atoms with E-state index in [1.54, 1.807) is 0 Å². The van der Waals surface area contributed by atoms with Crippen LogP contribution >= 0.6 is 0 Å². The predicted octanol–water partition coefficient (Wildman–Crippen LogP) is 2.01. The summed E-state index contributed by atoms with van der Waals surface area (Å²) in [6.45, 7) is 7.81. The van der Waals surface area contributed by atoms with E-state index in [-0.39, 0.29) is 0 Å². The molecule has 0 aliphatic carbocycles. The first-order chi connectivity index (χ1) is 6.24. The first-order valence-corrected chi connectivity index (χ1v) is 5.28. The lowest BCUT2D eigenvalue weighted by Crippen LogP contribution is -2.38. The highest BCUT2D eigenvalue weighted by Gasteiger charge is 2.19. The van der Waals surface area contributed by atoms with Gasteiger partial charge in [0.25, 0.3) is 0 Å². The van der Waals surface area contributed by atoms with E-state index < -0.39 is 0 Å². The van der Waals surface area contributed by atoms with Crippen LogP contribution in [0, 0.1) is 5.92 Å². The molecule has 13 heavy (non-hydrogen) atoms. The van der Waals surface area contributed by atoms with Crippen LogP contribution in [-0.4, -0.2) is 23.9 Å². The monoisotopic (exact) mass is 183 g/mol. The van der Waals surface area contributed by atoms with Crippen molar-refractivity contribution in [3.8, 4) is 0 Å². The van der Waals surface area contributed by atoms with Gasteiger partial charge in [0.15, 0.2) is 0 Å². The van der Waals surface area contributed by atoms with Crippen LogP contribution in [0.5, 0.6) is 0 Å². The number of unbranched alkanes of at least 4 members (excludes halogenated alkanes) is 1. The molecule has 0 saturated heterocycles. The summed E-state index contributed by atoms with van der Waals surface area (Å²) in [6, 6.07) is 0. The minimum atomic E-state index is 0.447. The van der Waals surface area contributed by atoms with Crippen molar-refractivity contribution in [2.75, 3.05) is 6.54 Å². The van der Waals surface area contributed by atoms with Gasteiger partial charge in [0.1, 0.15) is 12.5 Å². The van der Waals surface area contributed by atoms with Gasteiger partial charge in [-0.1, -0.05) is 27.2 Å². The molecule has 3 heteroatoms. The number of nitrogens with zero attached hydrogens (tertiary/aromatic N) is 2. The summed E-state index contributed by atoms with van der Waals surface area (Å²) in [4.78, 5) is 2.31. The molecular formula is C10H21N3. The molecule has 0 aromatic rings. The molecular weight excluding hydrogens is 162 g/mol. The summed E-state index contributed by atoms with van der Waals surface area (Å²) >= 11 is 0. The van der Waals surface area contributed by atoms with E-state index in [4.69, 9.17) is 0 Å². The van der Waals surface area contributed by atoms with Crippen molar-refractivity contribution in [2.45, 2.75) is 46.2 Å². The zero-order valence-electron chi connectivity index (χ0n) is 8.95. The topological polar surface area (TPSA) is 27.6 Å². The molecule has 1 heterocycles. The Morgan fingerprint density at radius 3 is 2.92 bits per heavy atom. The van der Waals surface area contributed by atoms with Crippen LogP contribution in [0.1, 0.15) is 40.0 Å². The zero-order valence-corrected chi connectivity index (χ0v) is 8.95. The van der Waals surface area contributed by atoms with Gasteiger partial charge >= 0.3 is 0 Å². The van der Waals surface area contributed by atoms with Crippen molar-refractivity contribution in [1.82, 2.24) is 10.3 Å². The summed E-state index contributed by atoms with van der Waals surface area (Å²) in [5.41, 5.74) is 3.14. The van der Waals surface area contributed by atoms with Gasteiger partial charge in [0.2, 0.25) is 0 Å². The number of hydrogen-bond donors (Lipinski definition) is 1. The molecule has 1 atom stereocenters. The Kier molecular flexibility index (Phi) is 4.06. The Morgan fingerprint density at radius 2 is 2.31 bits per heavy atom. The third kappa shape index (κ3) is 3.25. The molecule has 0 radical (unpaired) electrons. The number of rotatable bonds is 5. The van der Waals surface area contributed by atoms with Crippen molar-refractivity contribution < 1.29 is 0 Å². The molecule has 1 N–H and O–H groups in total. The van der Waals surface area contributed by atoms with Crippen molar-refractivity contribution >= 4 is 6.34 Å². The third-order valence-corrected chi connectivity index (χ3v) is 2.24. The average molecular weight is 183 g/mol. The number of hydrogen-bond acceptors (Lipinski definition) is 3. The van der Waals surface area contributed by atoms with Gasteiger partial charge in [-0.15, -0.1) is 0 Å². The maximum atomic E-state index is 4.10. The van der Waals surface area contributed by atoms with E-state index in [0.29, 0.717) is 12.1 Å². The molecule has 3 nitrogen and oxygen atoms in total. The minimum Gasteiger partial charge on any atom is -0.339 e. The third-order valence-electron chi connectivity index (χ3n) is 2.24. The van der Waals surface area contributed by atoms with Crippen LogP contribution in [0.15, 0.2) is 5.10 Å². The van der Waals surface area contributed by atoms with Crippen molar-refractivity contribution in [3.63, 3.8) is 0 Å². The van der Waals surface area contributed by atoms with E-state index >= 15 is 0 Å². The van der Waals surface area contributed by atoms with Crippen LogP contribution in [0.3, 0.4) is 0 Å². The number of hydrazone groups is 1. The van der Waals surface area contributed by atoms with E-state index in [0.717, 1.165) is 6.54 Å². The van der Waals surface area contributed by atoms with Gasteiger partial charge in [-0.05, 0) is 18.8 Å². The fourth-order valence-corrected chi connectivity index (χ4v) is 1.57. The molecule has 1 rings (SSSR count). The Bertz CT molecular complexity index is 166. The van der Waals surface area contributed by atoms with Gasteiger partial charge in [-0.3, -0.25) is 5.43 Å². The largest absolute Gasteiger partial charge is 0.339 e. The molecule has 1 aliphatic rings. The van der Waals surface area contributed by atoms with Crippen LogP contribution < -0.4 is 5.43 Å². The number of nitrogens with one attached hydrogen (secondary N) is 1.